The number of sulfonamides is 1. The molecule has 10 nitrogen and oxygen atoms in total. The van der Waals surface area contributed by atoms with E-state index in [0.29, 0.717) is 49.5 Å². The summed E-state index contributed by atoms with van der Waals surface area (Å²) >= 11 is 0. The van der Waals surface area contributed by atoms with Gasteiger partial charge in [-0.15, -0.1) is 0 Å². The monoisotopic (exact) mass is 474 g/mol. The molecule has 0 spiro atoms. The van der Waals surface area contributed by atoms with Crippen LogP contribution in [0.1, 0.15) is 42.1 Å². The van der Waals surface area contributed by atoms with Gasteiger partial charge in [-0.3, -0.25) is 9.48 Å². The molecule has 2 aromatic rings. The van der Waals surface area contributed by atoms with E-state index in [9.17, 15) is 18.0 Å². The normalized spacial score (nSPS) is 19.5. The second-order valence-corrected chi connectivity index (χ2v) is 10.5. The van der Waals surface area contributed by atoms with Crippen molar-refractivity contribution in [3.8, 4) is 0 Å². The Morgan fingerprint density at radius 1 is 1.24 bits per heavy atom. The summed E-state index contributed by atoms with van der Waals surface area (Å²) in [4.78, 5) is 26.4. The minimum atomic E-state index is -3.67. The van der Waals surface area contributed by atoms with Crippen LogP contribution in [0.5, 0.6) is 0 Å². The van der Waals surface area contributed by atoms with E-state index in [1.54, 1.807) is 34.8 Å². The number of aromatic nitrogens is 2. The number of carbonyl (C=O) groups excluding carboxylic acids is 2. The molecule has 0 saturated carbocycles. The number of aryl methyl sites for hydroxylation is 1. The summed E-state index contributed by atoms with van der Waals surface area (Å²) < 4.78 is 29.6. The van der Waals surface area contributed by atoms with E-state index >= 15 is 0 Å². The third kappa shape index (κ3) is 5.03. The van der Waals surface area contributed by atoms with Crippen LogP contribution in [0.15, 0.2) is 35.5 Å². The highest BCUT2D eigenvalue weighted by Crippen LogP contribution is 2.26. The average Bonchev–Trinajstić information content (AvgIpc) is 3.40. The number of nitrogens with one attached hydrogen (secondary N) is 2. The van der Waals surface area contributed by atoms with Gasteiger partial charge in [0.05, 0.1) is 23.3 Å². The molecule has 1 aromatic heterocycles. The summed E-state index contributed by atoms with van der Waals surface area (Å²) in [6.45, 7) is 6.53. The predicted octanol–water partition coefficient (Wildman–Crippen LogP) is 2.03. The van der Waals surface area contributed by atoms with E-state index in [4.69, 9.17) is 0 Å². The van der Waals surface area contributed by atoms with Crippen molar-refractivity contribution < 1.29 is 18.0 Å². The quantitative estimate of drug-likeness (QED) is 0.637. The maximum absolute atomic E-state index is 13.2. The molecule has 4 rings (SSSR count). The highest BCUT2D eigenvalue weighted by Gasteiger charge is 2.31. The van der Waals surface area contributed by atoms with Gasteiger partial charge in [-0.05, 0) is 44.4 Å². The van der Waals surface area contributed by atoms with Gasteiger partial charge in [-0.1, -0.05) is 12.5 Å². The number of hydrogen-bond acceptors (Lipinski definition) is 5. The van der Waals surface area contributed by atoms with Crippen molar-refractivity contribution in [2.24, 2.45) is 0 Å². The summed E-state index contributed by atoms with van der Waals surface area (Å²) in [5.41, 5.74) is 1.50. The SMILES string of the molecule is Cc1ccc(S(=O)(=O)N2CCCCC2C)cc1C(=O)Nc1cnn(CCN2CCNC2=O)c1. The van der Waals surface area contributed by atoms with E-state index in [2.05, 4.69) is 15.7 Å². The molecule has 2 N–H and O–H groups in total. The molecule has 178 valence electrons. The van der Waals surface area contributed by atoms with Crippen LogP contribution in [0.25, 0.3) is 0 Å². The van der Waals surface area contributed by atoms with Crippen molar-refractivity contribution in [3.05, 3.63) is 41.7 Å². The summed E-state index contributed by atoms with van der Waals surface area (Å²) in [6.07, 6.45) is 5.93. The lowest BCUT2D eigenvalue weighted by Gasteiger charge is -2.32. The Kier molecular flexibility index (Phi) is 6.71. The zero-order valence-corrected chi connectivity index (χ0v) is 19.8. The summed E-state index contributed by atoms with van der Waals surface area (Å²) in [7, 11) is -3.67. The fraction of sp³-hybridized carbons (Fsp3) is 0.500. The molecule has 1 atom stereocenters. The van der Waals surface area contributed by atoms with E-state index < -0.39 is 15.9 Å². The number of nitrogens with zero attached hydrogens (tertiary/aromatic N) is 4. The van der Waals surface area contributed by atoms with E-state index in [1.807, 2.05) is 6.92 Å². The van der Waals surface area contributed by atoms with Gasteiger partial charge in [0.1, 0.15) is 0 Å². The van der Waals surface area contributed by atoms with Crippen molar-refractivity contribution in [2.45, 2.75) is 50.6 Å². The number of hydrogen-bond donors (Lipinski definition) is 2. The number of benzene rings is 1. The Morgan fingerprint density at radius 2 is 2.06 bits per heavy atom. The molecule has 1 aromatic carbocycles. The van der Waals surface area contributed by atoms with Crippen molar-refractivity contribution in [2.75, 3.05) is 31.5 Å². The van der Waals surface area contributed by atoms with Crippen molar-refractivity contribution in [3.63, 3.8) is 0 Å². The maximum Gasteiger partial charge on any atom is 0.317 e. The van der Waals surface area contributed by atoms with Gasteiger partial charge < -0.3 is 15.5 Å². The van der Waals surface area contributed by atoms with Crippen molar-refractivity contribution >= 4 is 27.6 Å². The Hall–Kier alpha value is -2.92. The summed E-state index contributed by atoms with van der Waals surface area (Å²) in [5, 5.41) is 9.79. The summed E-state index contributed by atoms with van der Waals surface area (Å²) in [6, 6.07) is 4.55. The number of carbonyl (C=O) groups is 2. The topological polar surface area (TPSA) is 117 Å². The fourth-order valence-corrected chi connectivity index (χ4v) is 5.99. The molecule has 1 unspecified atom stereocenters. The lowest BCUT2D eigenvalue weighted by Crippen LogP contribution is -2.42. The van der Waals surface area contributed by atoms with Gasteiger partial charge in [0.15, 0.2) is 0 Å². The summed E-state index contributed by atoms with van der Waals surface area (Å²) in [5.74, 6) is -0.394. The number of piperidine rings is 1. The molecule has 2 fully saturated rings. The van der Waals surface area contributed by atoms with Crippen LogP contribution in [0, 0.1) is 6.92 Å². The van der Waals surface area contributed by atoms with Gasteiger partial charge in [0.2, 0.25) is 10.0 Å². The molecule has 2 saturated heterocycles. The average molecular weight is 475 g/mol. The van der Waals surface area contributed by atoms with Crippen LogP contribution in [0.3, 0.4) is 0 Å². The Morgan fingerprint density at radius 3 is 2.79 bits per heavy atom. The molecule has 2 aliphatic heterocycles. The Bertz CT molecular complexity index is 1150. The van der Waals surface area contributed by atoms with Crippen LogP contribution in [0.4, 0.5) is 10.5 Å². The lowest BCUT2D eigenvalue weighted by atomic mass is 10.1. The standard InChI is InChI=1S/C22H30N6O4S/c1-16-6-7-19(33(31,32)28-9-4-3-5-17(28)2)13-20(16)21(29)25-18-14-24-27(15-18)12-11-26-10-8-23-22(26)30/h6-7,13-15,17H,3-5,8-12H2,1-2H3,(H,23,30)(H,25,29). The highest BCUT2D eigenvalue weighted by molar-refractivity contribution is 7.89. The number of anilines is 1. The van der Waals surface area contributed by atoms with E-state index in [1.165, 1.54) is 16.6 Å². The Balaban J connectivity index is 1.45. The maximum atomic E-state index is 13.2. The van der Waals surface area contributed by atoms with E-state index in [-0.39, 0.29) is 17.0 Å². The van der Waals surface area contributed by atoms with Gasteiger partial charge in [-0.2, -0.15) is 9.40 Å². The zero-order chi connectivity index (χ0) is 23.6. The third-order valence-electron chi connectivity index (χ3n) is 6.24. The second kappa shape index (κ2) is 9.52. The van der Waals surface area contributed by atoms with E-state index in [0.717, 1.165) is 19.3 Å². The molecule has 0 radical (unpaired) electrons. The van der Waals surface area contributed by atoms with Gasteiger partial charge in [0.25, 0.3) is 5.91 Å². The van der Waals surface area contributed by atoms with Gasteiger partial charge >= 0.3 is 6.03 Å². The van der Waals surface area contributed by atoms with Crippen LogP contribution >= 0.6 is 0 Å². The molecule has 3 heterocycles. The Labute approximate surface area is 194 Å². The molecule has 2 aliphatic rings. The number of amides is 3. The smallest absolute Gasteiger partial charge is 0.317 e. The number of rotatable bonds is 7. The first-order valence-corrected chi connectivity index (χ1v) is 12.7. The zero-order valence-electron chi connectivity index (χ0n) is 19.0. The molecular formula is C22H30N6O4S. The first kappa shape index (κ1) is 23.2. The van der Waals surface area contributed by atoms with Gasteiger partial charge in [-0.25, -0.2) is 13.2 Å². The van der Waals surface area contributed by atoms with Crippen LogP contribution in [0.2, 0.25) is 0 Å². The molecule has 0 bridgehead atoms. The molecular weight excluding hydrogens is 444 g/mol. The van der Waals surface area contributed by atoms with Crippen molar-refractivity contribution in [1.29, 1.82) is 0 Å². The second-order valence-electron chi connectivity index (χ2n) is 8.60. The first-order valence-electron chi connectivity index (χ1n) is 11.2. The predicted molar refractivity (Wildman–Crippen MR) is 124 cm³/mol. The molecule has 3 amide bonds. The largest absolute Gasteiger partial charge is 0.336 e. The van der Waals surface area contributed by atoms with Crippen molar-refractivity contribution in [1.82, 2.24) is 24.3 Å². The van der Waals surface area contributed by atoms with Gasteiger partial charge in [0, 0.05) is 44.0 Å². The minimum Gasteiger partial charge on any atom is -0.336 e. The fourth-order valence-electron chi connectivity index (χ4n) is 4.27. The molecule has 0 aliphatic carbocycles. The van der Waals surface area contributed by atoms with Crippen LogP contribution in [-0.2, 0) is 16.6 Å². The van der Waals surface area contributed by atoms with Crippen LogP contribution in [-0.4, -0.2) is 71.6 Å². The highest BCUT2D eigenvalue weighted by atomic mass is 32.2. The van der Waals surface area contributed by atoms with Crippen LogP contribution < -0.4 is 10.6 Å². The first-order chi connectivity index (χ1) is 15.8. The third-order valence-corrected chi connectivity index (χ3v) is 8.25. The lowest BCUT2D eigenvalue weighted by molar-refractivity contribution is 0.102. The number of urea groups is 1. The molecule has 33 heavy (non-hydrogen) atoms. The molecule has 11 heteroatoms. The minimum absolute atomic E-state index is 0.0557.